The molecule has 0 saturated heterocycles. The van der Waals surface area contributed by atoms with Crippen molar-refractivity contribution in [2.45, 2.75) is 6.92 Å². The van der Waals surface area contributed by atoms with Gasteiger partial charge in [0.2, 0.25) is 0 Å². The van der Waals surface area contributed by atoms with Gasteiger partial charge < -0.3 is 14.4 Å². The molecule has 0 aliphatic carbocycles. The van der Waals surface area contributed by atoms with E-state index in [0.717, 1.165) is 0 Å². The first kappa shape index (κ1) is 15.6. The third kappa shape index (κ3) is 3.75. The quantitative estimate of drug-likeness (QED) is 0.736. The predicted molar refractivity (Wildman–Crippen MR) is 75.0 cm³/mol. The topological polar surface area (TPSA) is 55.8 Å². The van der Waals surface area contributed by atoms with E-state index < -0.39 is 0 Å². The molecule has 5 nitrogen and oxygen atoms in total. The second kappa shape index (κ2) is 7.19. The molecular formula is C15H17NO4. The molecule has 5 heteroatoms. The number of terminal acetylenes is 1. The van der Waals surface area contributed by atoms with Gasteiger partial charge in [0.1, 0.15) is 5.78 Å². The van der Waals surface area contributed by atoms with E-state index in [1.807, 2.05) is 0 Å². The normalized spacial score (nSPS) is 9.50. The molecule has 1 amide bonds. The SMILES string of the molecule is C#CCN(CC(C)=O)C(=O)c1ccc(OC)c(OC)c1. The van der Waals surface area contributed by atoms with Crippen LogP contribution in [0.4, 0.5) is 0 Å². The summed E-state index contributed by atoms with van der Waals surface area (Å²) in [7, 11) is 3.00. The molecule has 0 unspecified atom stereocenters. The maximum absolute atomic E-state index is 12.3. The molecule has 0 spiro atoms. The van der Waals surface area contributed by atoms with Crippen LogP contribution in [0.3, 0.4) is 0 Å². The van der Waals surface area contributed by atoms with Gasteiger partial charge in [-0.15, -0.1) is 6.42 Å². The zero-order valence-corrected chi connectivity index (χ0v) is 11.8. The average Bonchev–Trinajstić information content (AvgIpc) is 2.44. The molecule has 1 rings (SSSR count). The maximum atomic E-state index is 12.3. The molecule has 0 fully saturated rings. The zero-order chi connectivity index (χ0) is 15.1. The standard InChI is InChI=1S/C15H17NO4/c1-5-8-16(10-11(2)17)15(18)12-6-7-13(19-3)14(9-12)20-4/h1,6-7,9H,8,10H2,2-4H3. The van der Waals surface area contributed by atoms with E-state index >= 15 is 0 Å². The lowest BCUT2D eigenvalue weighted by molar-refractivity contribution is -0.117. The highest BCUT2D eigenvalue weighted by Crippen LogP contribution is 2.27. The zero-order valence-electron chi connectivity index (χ0n) is 11.8. The van der Waals surface area contributed by atoms with Crippen LogP contribution in [0.2, 0.25) is 0 Å². The molecule has 20 heavy (non-hydrogen) atoms. The predicted octanol–water partition coefficient (Wildman–Crippen LogP) is 1.37. The number of benzene rings is 1. The van der Waals surface area contributed by atoms with E-state index in [0.29, 0.717) is 17.1 Å². The van der Waals surface area contributed by atoms with Crippen molar-refractivity contribution in [2.24, 2.45) is 0 Å². The lowest BCUT2D eigenvalue weighted by atomic mass is 10.1. The van der Waals surface area contributed by atoms with Crippen molar-refractivity contribution < 1.29 is 19.1 Å². The number of hydrogen-bond acceptors (Lipinski definition) is 4. The van der Waals surface area contributed by atoms with Gasteiger partial charge in [0.15, 0.2) is 11.5 Å². The highest BCUT2D eigenvalue weighted by Gasteiger charge is 2.18. The Labute approximate surface area is 118 Å². The summed E-state index contributed by atoms with van der Waals surface area (Å²) < 4.78 is 10.3. The minimum atomic E-state index is -0.320. The molecule has 0 aliphatic rings. The van der Waals surface area contributed by atoms with Gasteiger partial charge in [0.05, 0.1) is 27.3 Å². The molecule has 1 aromatic rings. The molecule has 0 heterocycles. The van der Waals surface area contributed by atoms with Gasteiger partial charge >= 0.3 is 0 Å². The maximum Gasteiger partial charge on any atom is 0.255 e. The van der Waals surface area contributed by atoms with E-state index in [2.05, 4.69) is 5.92 Å². The Morgan fingerprint density at radius 3 is 2.40 bits per heavy atom. The minimum Gasteiger partial charge on any atom is -0.493 e. The summed E-state index contributed by atoms with van der Waals surface area (Å²) in [4.78, 5) is 24.8. The molecule has 0 bridgehead atoms. The smallest absolute Gasteiger partial charge is 0.255 e. The third-order valence-electron chi connectivity index (χ3n) is 2.61. The monoisotopic (exact) mass is 275 g/mol. The molecule has 0 N–H and O–H groups in total. The van der Waals surface area contributed by atoms with Crippen LogP contribution in [-0.2, 0) is 4.79 Å². The van der Waals surface area contributed by atoms with Crippen molar-refractivity contribution in [1.82, 2.24) is 4.90 Å². The van der Waals surface area contributed by atoms with Gasteiger partial charge in [-0.3, -0.25) is 9.59 Å². The van der Waals surface area contributed by atoms with Crippen LogP contribution in [0.5, 0.6) is 11.5 Å². The summed E-state index contributed by atoms with van der Waals surface area (Å²) in [5, 5.41) is 0. The molecular weight excluding hydrogens is 258 g/mol. The summed E-state index contributed by atoms with van der Waals surface area (Å²) in [6.45, 7) is 1.47. The number of carbonyl (C=O) groups is 2. The minimum absolute atomic E-state index is 0.0165. The number of hydrogen-bond donors (Lipinski definition) is 0. The third-order valence-corrected chi connectivity index (χ3v) is 2.61. The number of Topliss-reactive ketones (excluding diaryl/α,β-unsaturated/α-hetero) is 1. The van der Waals surface area contributed by atoms with Crippen LogP contribution in [-0.4, -0.2) is 43.9 Å². The number of ketones is 1. The van der Waals surface area contributed by atoms with Gasteiger partial charge in [-0.1, -0.05) is 5.92 Å². The Balaban J connectivity index is 3.05. The van der Waals surface area contributed by atoms with E-state index in [4.69, 9.17) is 15.9 Å². The number of methoxy groups -OCH3 is 2. The second-order valence-electron chi connectivity index (χ2n) is 4.14. The van der Waals surface area contributed by atoms with Crippen LogP contribution < -0.4 is 9.47 Å². The Hall–Kier alpha value is -2.48. The van der Waals surface area contributed by atoms with E-state index in [9.17, 15) is 9.59 Å². The summed E-state index contributed by atoms with van der Waals surface area (Å²) in [5.41, 5.74) is 0.388. The summed E-state index contributed by atoms with van der Waals surface area (Å²) in [5.74, 6) is 2.89. The number of rotatable bonds is 6. The molecule has 106 valence electrons. The second-order valence-corrected chi connectivity index (χ2v) is 4.14. The Kier molecular flexibility index (Phi) is 5.60. The van der Waals surface area contributed by atoms with Crippen LogP contribution in [0.15, 0.2) is 18.2 Å². The first-order chi connectivity index (χ1) is 9.53. The summed E-state index contributed by atoms with van der Waals surface area (Å²) in [6.07, 6.45) is 5.22. The van der Waals surface area contributed by atoms with E-state index in [-0.39, 0.29) is 24.8 Å². The molecule has 0 atom stereocenters. The number of amides is 1. The number of nitrogens with zero attached hydrogens (tertiary/aromatic N) is 1. The molecule has 0 aromatic heterocycles. The Bertz CT molecular complexity index is 545. The van der Waals surface area contributed by atoms with Gasteiger partial charge in [-0.05, 0) is 25.1 Å². The lowest BCUT2D eigenvalue weighted by Gasteiger charge is -2.19. The fourth-order valence-electron chi connectivity index (χ4n) is 1.73. The largest absolute Gasteiger partial charge is 0.493 e. The van der Waals surface area contributed by atoms with Crippen molar-refractivity contribution in [3.8, 4) is 23.8 Å². The summed E-state index contributed by atoms with van der Waals surface area (Å²) >= 11 is 0. The number of carbonyl (C=O) groups excluding carboxylic acids is 2. The Morgan fingerprint density at radius 2 is 1.90 bits per heavy atom. The fraction of sp³-hybridized carbons (Fsp3) is 0.333. The average molecular weight is 275 g/mol. The van der Waals surface area contributed by atoms with Gasteiger partial charge in [0.25, 0.3) is 5.91 Å². The van der Waals surface area contributed by atoms with Crippen molar-refractivity contribution in [3.05, 3.63) is 23.8 Å². The van der Waals surface area contributed by atoms with E-state index in [1.165, 1.54) is 26.0 Å². The van der Waals surface area contributed by atoms with Crippen LogP contribution in [0.1, 0.15) is 17.3 Å². The Morgan fingerprint density at radius 1 is 1.25 bits per heavy atom. The summed E-state index contributed by atoms with van der Waals surface area (Å²) in [6, 6.07) is 4.80. The van der Waals surface area contributed by atoms with Crippen molar-refractivity contribution in [1.29, 1.82) is 0 Å². The van der Waals surface area contributed by atoms with Crippen LogP contribution in [0, 0.1) is 12.3 Å². The number of ether oxygens (including phenoxy) is 2. The van der Waals surface area contributed by atoms with Crippen molar-refractivity contribution in [3.63, 3.8) is 0 Å². The van der Waals surface area contributed by atoms with Crippen molar-refractivity contribution in [2.75, 3.05) is 27.3 Å². The van der Waals surface area contributed by atoms with Gasteiger partial charge in [-0.2, -0.15) is 0 Å². The highest BCUT2D eigenvalue weighted by atomic mass is 16.5. The highest BCUT2D eigenvalue weighted by molar-refractivity contribution is 5.97. The van der Waals surface area contributed by atoms with Crippen molar-refractivity contribution >= 4 is 11.7 Å². The lowest BCUT2D eigenvalue weighted by Crippen LogP contribution is -2.35. The van der Waals surface area contributed by atoms with Gasteiger partial charge in [0, 0.05) is 5.56 Å². The molecule has 1 aromatic carbocycles. The first-order valence-corrected chi connectivity index (χ1v) is 5.97. The fourth-order valence-corrected chi connectivity index (χ4v) is 1.73. The van der Waals surface area contributed by atoms with Crippen LogP contribution >= 0.6 is 0 Å². The van der Waals surface area contributed by atoms with Crippen LogP contribution in [0.25, 0.3) is 0 Å². The molecule has 0 radical (unpaired) electrons. The van der Waals surface area contributed by atoms with Gasteiger partial charge in [-0.25, -0.2) is 0 Å². The molecule has 0 saturated carbocycles. The molecule has 0 aliphatic heterocycles. The van der Waals surface area contributed by atoms with E-state index in [1.54, 1.807) is 18.2 Å². The first-order valence-electron chi connectivity index (χ1n) is 5.97.